The van der Waals surface area contributed by atoms with Gasteiger partial charge in [0.05, 0.1) is 11.1 Å². The first-order valence-electron chi connectivity index (χ1n) is 10.4. The first kappa shape index (κ1) is 25.6. The predicted molar refractivity (Wildman–Crippen MR) is 123 cm³/mol. The van der Waals surface area contributed by atoms with Gasteiger partial charge in [0.15, 0.2) is 0 Å². The van der Waals surface area contributed by atoms with Crippen molar-refractivity contribution in [2.24, 2.45) is 0 Å². The predicted octanol–water partition coefficient (Wildman–Crippen LogP) is 4.50. The van der Waals surface area contributed by atoms with Crippen LogP contribution in [0.4, 0.5) is 0 Å². The molecule has 12 nitrogen and oxygen atoms in total. The molecule has 12 heteroatoms. The molecule has 0 aromatic heterocycles. The van der Waals surface area contributed by atoms with Crippen molar-refractivity contribution < 1.29 is 38.9 Å². The fraction of sp³-hybridized carbons (Fsp3) is 0.167. The van der Waals surface area contributed by atoms with Gasteiger partial charge in [-0.15, -0.1) is 20.2 Å². The molecule has 0 saturated heterocycles. The van der Waals surface area contributed by atoms with Crippen molar-refractivity contribution in [1.82, 2.24) is 0 Å². The molecule has 0 bridgehead atoms. The van der Waals surface area contributed by atoms with Crippen molar-refractivity contribution in [3.05, 3.63) is 102 Å². The van der Waals surface area contributed by atoms with Gasteiger partial charge >= 0.3 is 11.9 Å². The minimum atomic E-state index is -0.921. The van der Waals surface area contributed by atoms with Gasteiger partial charge in [-0.1, -0.05) is 0 Å². The molecule has 0 radical (unpaired) electrons. The van der Waals surface area contributed by atoms with Gasteiger partial charge in [0.1, 0.15) is 23.0 Å². The van der Waals surface area contributed by atoms with E-state index < -0.39 is 22.1 Å². The molecular formula is C24H20N2O10. The Bertz CT molecular complexity index is 1220. The molecule has 0 amide bonds. The van der Waals surface area contributed by atoms with Crippen molar-refractivity contribution in [2.45, 2.75) is 27.7 Å². The van der Waals surface area contributed by atoms with Crippen LogP contribution >= 0.6 is 0 Å². The fourth-order valence-electron chi connectivity index (χ4n) is 3.45. The van der Waals surface area contributed by atoms with Gasteiger partial charge in [-0.3, -0.25) is 9.68 Å². The lowest BCUT2D eigenvalue weighted by molar-refractivity contribution is -0.711. The molecule has 0 N–H and O–H groups in total. The van der Waals surface area contributed by atoms with Crippen LogP contribution in [0.1, 0.15) is 43.0 Å². The van der Waals surface area contributed by atoms with Crippen LogP contribution in [0, 0.1) is 47.9 Å². The lowest BCUT2D eigenvalue weighted by Crippen LogP contribution is -2.12. The molecule has 0 aliphatic rings. The average Bonchev–Trinajstić information content (AvgIpc) is 2.78. The van der Waals surface area contributed by atoms with E-state index in [1.807, 2.05) is 0 Å². The van der Waals surface area contributed by atoms with Gasteiger partial charge in [0, 0.05) is 0 Å². The summed E-state index contributed by atoms with van der Waals surface area (Å²) in [6.07, 6.45) is 0. The molecule has 0 atom stereocenters. The number of ether oxygens (including phenoxy) is 2. The Morgan fingerprint density at radius 3 is 1.14 bits per heavy atom. The fourth-order valence-corrected chi connectivity index (χ4v) is 3.45. The van der Waals surface area contributed by atoms with E-state index in [2.05, 4.69) is 9.68 Å². The van der Waals surface area contributed by atoms with Crippen LogP contribution in [-0.4, -0.2) is 22.1 Å². The Labute approximate surface area is 204 Å². The third kappa shape index (κ3) is 6.11. The van der Waals surface area contributed by atoms with E-state index in [9.17, 15) is 29.8 Å². The van der Waals surface area contributed by atoms with E-state index in [-0.39, 0.29) is 34.1 Å². The van der Waals surface area contributed by atoms with Crippen molar-refractivity contribution in [3.8, 4) is 23.0 Å². The number of esters is 2. The summed E-state index contributed by atoms with van der Waals surface area (Å²) in [6, 6.07) is 11.3. The number of rotatable bonds is 8. The molecule has 0 spiro atoms. The second kappa shape index (κ2) is 10.5. The maximum Gasteiger partial charge on any atom is 0.343 e. The molecule has 0 heterocycles. The van der Waals surface area contributed by atoms with E-state index in [1.165, 1.54) is 48.5 Å². The van der Waals surface area contributed by atoms with Crippen LogP contribution in [-0.2, 0) is 0 Å². The van der Waals surface area contributed by atoms with E-state index in [0.717, 1.165) is 0 Å². The summed E-state index contributed by atoms with van der Waals surface area (Å²) in [5, 5.41) is 19.4. The Morgan fingerprint density at radius 1 is 0.611 bits per heavy atom. The van der Waals surface area contributed by atoms with Gasteiger partial charge in [-0.05, 0) is 98.5 Å². The summed E-state index contributed by atoms with van der Waals surface area (Å²) >= 11 is 0. The normalized spacial score (nSPS) is 10.3. The minimum absolute atomic E-state index is 0.0630. The van der Waals surface area contributed by atoms with Crippen molar-refractivity contribution in [2.75, 3.05) is 0 Å². The Balaban J connectivity index is 1.69. The zero-order chi connectivity index (χ0) is 26.6. The number of carbonyl (C=O) groups excluding carboxylic acids is 2. The van der Waals surface area contributed by atoms with Gasteiger partial charge < -0.3 is 9.47 Å². The number of aryl methyl sites for hydroxylation is 4. The van der Waals surface area contributed by atoms with Gasteiger partial charge in [-0.2, -0.15) is 0 Å². The van der Waals surface area contributed by atoms with Crippen LogP contribution in [0.3, 0.4) is 0 Å². The van der Waals surface area contributed by atoms with E-state index in [1.54, 1.807) is 27.7 Å². The first-order valence-corrected chi connectivity index (χ1v) is 10.4. The molecular weight excluding hydrogens is 476 g/mol. The summed E-state index contributed by atoms with van der Waals surface area (Å²) in [4.78, 5) is 55.3. The largest absolute Gasteiger partial charge is 0.423 e. The second-order valence-electron chi connectivity index (χ2n) is 7.76. The zero-order valence-corrected chi connectivity index (χ0v) is 19.6. The molecule has 0 aliphatic heterocycles. The summed E-state index contributed by atoms with van der Waals surface area (Å²) in [5.74, 6) is -0.941. The molecule has 3 aromatic rings. The number of hydrogen-bond donors (Lipinski definition) is 0. The third-order valence-electron chi connectivity index (χ3n) is 4.98. The number of benzene rings is 3. The molecule has 0 saturated carbocycles. The van der Waals surface area contributed by atoms with Crippen LogP contribution in [0.5, 0.6) is 23.0 Å². The number of nitrogens with zero attached hydrogens (tertiary/aromatic N) is 2. The third-order valence-corrected chi connectivity index (χ3v) is 4.98. The molecule has 36 heavy (non-hydrogen) atoms. The van der Waals surface area contributed by atoms with Crippen LogP contribution < -0.4 is 19.1 Å². The summed E-state index contributed by atoms with van der Waals surface area (Å²) in [6.45, 7) is 6.32. The van der Waals surface area contributed by atoms with Gasteiger partial charge in [-0.25, -0.2) is 9.59 Å². The SMILES string of the molecule is Cc1cc(OC(=O)c2ccc(C(=O)Oc3cc(C)c(O[N+](=O)[O-])c(C)c3)cc2)cc(C)c1O[N+](=O)[O-]. The maximum absolute atomic E-state index is 12.5. The Hall–Kier alpha value is -5.00. The Morgan fingerprint density at radius 2 is 0.889 bits per heavy atom. The summed E-state index contributed by atoms with van der Waals surface area (Å²) in [5.41, 5.74) is 1.96. The molecule has 3 rings (SSSR count). The van der Waals surface area contributed by atoms with Gasteiger partial charge in [0.2, 0.25) is 0 Å². The summed E-state index contributed by atoms with van der Waals surface area (Å²) < 4.78 is 10.7. The van der Waals surface area contributed by atoms with Crippen molar-refractivity contribution in [1.29, 1.82) is 0 Å². The highest BCUT2D eigenvalue weighted by Gasteiger charge is 2.16. The summed E-state index contributed by atoms with van der Waals surface area (Å²) in [7, 11) is 0. The molecule has 0 fully saturated rings. The smallest absolute Gasteiger partial charge is 0.343 e. The maximum atomic E-state index is 12.5. The topological polar surface area (TPSA) is 157 Å². The highest BCUT2D eigenvalue weighted by Crippen LogP contribution is 2.30. The first-order chi connectivity index (χ1) is 16.9. The lowest BCUT2D eigenvalue weighted by atomic mass is 10.1. The second-order valence-corrected chi connectivity index (χ2v) is 7.76. The Kier molecular flexibility index (Phi) is 7.48. The standard InChI is InChI=1S/C24H20N2O10/c1-13-9-19(10-14(2)21(13)35-25(29)30)33-23(27)17-5-7-18(8-6-17)24(28)34-20-11-15(3)22(16(4)12-20)36-26(31)32/h5-12H,1-4H3. The highest BCUT2D eigenvalue weighted by molar-refractivity contribution is 5.95. The quantitative estimate of drug-likeness (QED) is 0.188. The van der Waals surface area contributed by atoms with E-state index >= 15 is 0 Å². The highest BCUT2D eigenvalue weighted by atomic mass is 17.0. The van der Waals surface area contributed by atoms with Crippen molar-refractivity contribution >= 4 is 11.9 Å². The molecule has 186 valence electrons. The lowest BCUT2D eigenvalue weighted by Gasteiger charge is -2.12. The monoisotopic (exact) mass is 496 g/mol. The van der Waals surface area contributed by atoms with Gasteiger partial charge in [0.25, 0.3) is 10.2 Å². The van der Waals surface area contributed by atoms with Crippen LogP contribution in [0.25, 0.3) is 0 Å². The van der Waals surface area contributed by atoms with E-state index in [4.69, 9.17) is 9.47 Å². The van der Waals surface area contributed by atoms with Crippen LogP contribution in [0.15, 0.2) is 48.5 Å². The number of carbonyl (C=O) groups is 2. The molecule has 3 aromatic carbocycles. The zero-order valence-electron chi connectivity index (χ0n) is 19.6. The van der Waals surface area contributed by atoms with Crippen LogP contribution in [0.2, 0.25) is 0 Å². The average molecular weight is 496 g/mol. The van der Waals surface area contributed by atoms with Crippen molar-refractivity contribution in [3.63, 3.8) is 0 Å². The van der Waals surface area contributed by atoms with E-state index in [0.29, 0.717) is 22.3 Å². The molecule has 0 aliphatic carbocycles. The minimum Gasteiger partial charge on any atom is -0.423 e. The molecule has 0 unspecified atom stereocenters. The number of hydrogen-bond acceptors (Lipinski definition) is 10.